The van der Waals surface area contributed by atoms with Crippen molar-refractivity contribution in [3.63, 3.8) is 0 Å². The number of carbonyl (C=O) groups excluding carboxylic acids is 1. The van der Waals surface area contributed by atoms with Crippen LogP contribution in [0.15, 0.2) is 59.1 Å². The normalized spacial score (nSPS) is 13.7. The molecular weight excluding hydrogens is 402 g/mol. The molecule has 162 valence electrons. The van der Waals surface area contributed by atoms with Crippen molar-refractivity contribution in [3.05, 3.63) is 94.4 Å². The van der Waals surface area contributed by atoms with Gasteiger partial charge in [0.1, 0.15) is 6.04 Å². The number of benzene rings is 2. The molecule has 2 heterocycles. The van der Waals surface area contributed by atoms with Gasteiger partial charge in [0, 0.05) is 17.7 Å². The molecular formula is C25H25N5O2. The number of carbonyl (C=O) groups is 1. The first kappa shape index (κ1) is 20.2. The number of nitrogens with one attached hydrogen (secondary N) is 1. The minimum atomic E-state index is -0.416. The van der Waals surface area contributed by atoms with Crippen molar-refractivity contribution >= 4 is 5.91 Å². The Hall–Kier alpha value is -3.74. The molecule has 1 aliphatic carbocycles. The van der Waals surface area contributed by atoms with Gasteiger partial charge in [-0.05, 0) is 50.8 Å². The topological polar surface area (TPSA) is 85.8 Å². The Labute approximate surface area is 186 Å². The molecule has 0 saturated heterocycles. The molecule has 2 aromatic heterocycles. The Balaban J connectivity index is 1.33. The van der Waals surface area contributed by atoms with Gasteiger partial charge in [0.15, 0.2) is 11.5 Å². The summed E-state index contributed by atoms with van der Waals surface area (Å²) < 4.78 is 7.32. The van der Waals surface area contributed by atoms with Gasteiger partial charge in [-0.25, -0.2) is 4.68 Å². The van der Waals surface area contributed by atoms with Crippen molar-refractivity contribution < 1.29 is 9.32 Å². The largest absolute Gasteiger partial charge is 0.339 e. The van der Waals surface area contributed by atoms with Gasteiger partial charge in [0.25, 0.3) is 5.91 Å². The first-order valence-electron chi connectivity index (χ1n) is 10.9. The summed E-state index contributed by atoms with van der Waals surface area (Å²) in [4.78, 5) is 17.6. The van der Waals surface area contributed by atoms with Gasteiger partial charge in [-0.2, -0.15) is 10.1 Å². The lowest BCUT2D eigenvalue weighted by Crippen LogP contribution is -2.28. The average Bonchev–Trinajstić information content (AvgIpc) is 3.52. The highest BCUT2D eigenvalue weighted by atomic mass is 16.5. The lowest BCUT2D eigenvalue weighted by Gasteiger charge is -2.09. The van der Waals surface area contributed by atoms with E-state index in [-0.39, 0.29) is 5.91 Å². The zero-order valence-corrected chi connectivity index (χ0v) is 18.2. The summed E-state index contributed by atoms with van der Waals surface area (Å²) >= 11 is 0. The van der Waals surface area contributed by atoms with Crippen LogP contribution in [-0.4, -0.2) is 25.8 Å². The first-order valence-corrected chi connectivity index (χ1v) is 10.9. The molecule has 4 aromatic rings. The monoisotopic (exact) mass is 427 g/mol. The summed E-state index contributed by atoms with van der Waals surface area (Å²) in [5.41, 5.74) is 5.90. The summed E-state index contributed by atoms with van der Waals surface area (Å²) in [7, 11) is 0. The molecule has 0 fully saturated rings. The zero-order chi connectivity index (χ0) is 22.1. The molecule has 1 atom stereocenters. The van der Waals surface area contributed by atoms with E-state index < -0.39 is 6.04 Å². The van der Waals surface area contributed by atoms with E-state index in [9.17, 15) is 4.79 Å². The van der Waals surface area contributed by atoms with Crippen LogP contribution in [0.1, 0.15) is 64.0 Å². The maximum absolute atomic E-state index is 13.1. The van der Waals surface area contributed by atoms with E-state index in [2.05, 4.69) is 39.6 Å². The Morgan fingerprint density at radius 2 is 1.91 bits per heavy atom. The Bertz CT molecular complexity index is 1240. The summed E-state index contributed by atoms with van der Waals surface area (Å²) in [5, 5.41) is 11.7. The second-order valence-corrected chi connectivity index (χ2v) is 8.28. The molecule has 1 unspecified atom stereocenters. The van der Waals surface area contributed by atoms with Gasteiger partial charge in [0.2, 0.25) is 5.89 Å². The van der Waals surface area contributed by atoms with E-state index >= 15 is 0 Å². The van der Waals surface area contributed by atoms with Gasteiger partial charge in [-0.1, -0.05) is 53.2 Å². The van der Waals surface area contributed by atoms with E-state index in [4.69, 9.17) is 4.52 Å². The molecule has 32 heavy (non-hydrogen) atoms. The molecule has 1 aliphatic rings. The molecule has 1 amide bonds. The van der Waals surface area contributed by atoms with Crippen LogP contribution < -0.4 is 5.32 Å². The standard InChI is InChI=1S/C25H25N5O2/c1-16-11-13-19(14-12-16)30-21-10-6-9-20(21)23(28-30)24(31)26-17(2)25-27-22(29-32-25)15-18-7-4-3-5-8-18/h3-5,7-8,11-14,17H,6,9-10,15H2,1-2H3,(H,26,31). The number of nitrogens with zero attached hydrogens (tertiary/aromatic N) is 4. The minimum Gasteiger partial charge on any atom is -0.339 e. The number of hydrogen-bond acceptors (Lipinski definition) is 5. The maximum atomic E-state index is 13.1. The predicted molar refractivity (Wildman–Crippen MR) is 120 cm³/mol. The molecule has 2 aromatic carbocycles. The van der Waals surface area contributed by atoms with Gasteiger partial charge in [-0.3, -0.25) is 4.79 Å². The average molecular weight is 428 g/mol. The summed E-state index contributed by atoms with van der Waals surface area (Å²) in [6, 6.07) is 17.8. The molecule has 0 aliphatic heterocycles. The van der Waals surface area contributed by atoms with E-state index in [1.165, 1.54) is 5.56 Å². The number of fused-ring (bicyclic) bond motifs is 1. The van der Waals surface area contributed by atoms with Crippen molar-refractivity contribution in [3.8, 4) is 5.69 Å². The number of amides is 1. The summed E-state index contributed by atoms with van der Waals surface area (Å²) in [6.45, 7) is 3.90. The summed E-state index contributed by atoms with van der Waals surface area (Å²) in [5.74, 6) is 0.764. The number of aromatic nitrogens is 4. The lowest BCUT2D eigenvalue weighted by molar-refractivity contribution is 0.0926. The third-order valence-electron chi connectivity index (χ3n) is 5.83. The second kappa shape index (κ2) is 8.42. The van der Waals surface area contributed by atoms with E-state index in [0.29, 0.717) is 23.8 Å². The SMILES string of the molecule is Cc1ccc(-n2nc(C(=O)NC(C)c3nc(Cc4ccccc4)no3)c3c2CCC3)cc1. The van der Waals surface area contributed by atoms with Crippen molar-refractivity contribution in [1.82, 2.24) is 25.2 Å². The number of rotatable bonds is 6. The maximum Gasteiger partial charge on any atom is 0.272 e. The van der Waals surface area contributed by atoms with Gasteiger partial charge in [-0.15, -0.1) is 0 Å². The third-order valence-corrected chi connectivity index (χ3v) is 5.83. The van der Waals surface area contributed by atoms with Crippen molar-refractivity contribution in [2.24, 2.45) is 0 Å². The Morgan fingerprint density at radius 1 is 1.12 bits per heavy atom. The molecule has 0 radical (unpaired) electrons. The minimum absolute atomic E-state index is 0.218. The van der Waals surface area contributed by atoms with Crippen molar-refractivity contribution in [1.29, 1.82) is 0 Å². The van der Waals surface area contributed by atoms with Crippen LogP contribution in [0.5, 0.6) is 0 Å². The number of hydrogen-bond donors (Lipinski definition) is 1. The molecule has 1 N–H and O–H groups in total. The van der Waals surface area contributed by atoms with Gasteiger partial charge >= 0.3 is 0 Å². The van der Waals surface area contributed by atoms with Crippen LogP contribution in [0, 0.1) is 6.92 Å². The smallest absolute Gasteiger partial charge is 0.272 e. The third kappa shape index (κ3) is 3.93. The van der Waals surface area contributed by atoms with Crippen LogP contribution >= 0.6 is 0 Å². The van der Waals surface area contributed by atoms with Gasteiger partial charge < -0.3 is 9.84 Å². The molecule has 5 rings (SSSR count). The predicted octanol–water partition coefficient (Wildman–Crippen LogP) is 4.13. The highest BCUT2D eigenvalue weighted by molar-refractivity contribution is 5.94. The molecule has 0 bridgehead atoms. The fourth-order valence-corrected chi connectivity index (χ4v) is 4.14. The first-order chi connectivity index (χ1) is 15.6. The van der Waals surface area contributed by atoms with Crippen LogP contribution in [0.4, 0.5) is 0 Å². The molecule has 0 saturated carbocycles. The Kier molecular flexibility index (Phi) is 5.31. The molecule has 7 heteroatoms. The zero-order valence-electron chi connectivity index (χ0n) is 18.2. The Morgan fingerprint density at radius 3 is 2.69 bits per heavy atom. The highest BCUT2D eigenvalue weighted by Crippen LogP contribution is 2.28. The molecule has 7 nitrogen and oxygen atoms in total. The fourth-order valence-electron chi connectivity index (χ4n) is 4.14. The molecule has 0 spiro atoms. The van der Waals surface area contributed by atoms with Crippen LogP contribution in [0.2, 0.25) is 0 Å². The van der Waals surface area contributed by atoms with Crippen LogP contribution in [0.3, 0.4) is 0 Å². The van der Waals surface area contributed by atoms with E-state index in [0.717, 1.165) is 41.8 Å². The van der Waals surface area contributed by atoms with E-state index in [1.807, 2.05) is 54.1 Å². The van der Waals surface area contributed by atoms with Gasteiger partial charge in [0.05, 0.1) is 5.69 Å². The quantitative estimate of drug-likeness (QED) is 0.500. The highest BCUT2D eigenvalue weighted by Gasteiger charge is 2.28. The van der Waals surface area contributed by atoms with Crippen LogP contribution in [0.25, 0.3) is 5.69 Å². The van der Waals surface area contributed by atoms with Crippen LogP contribution in [-0.2, 0) is 19.3 Å². The second-order valence-electron chi connectivity index (χ2n) is 8.28. The van der Waals surface area contributed by atoms with Crippen molar-refractivity contribution in [2.75, 3.05) is 0 Å². The summed E-state index contributed by atoms with van der Waals surface area (Å²) in [6.07, 6.45) is 3.40. The number of aryl methyl sites for hydroxylation is 1. The van der Waals surface area contributed by atoms with Crippen molar-refractivity contribution in [2.45, 2.75) is 45.6 Å². The van der Waals surface area contributed by atoms with E-state index in [1.54, 1.807) is 0 Å². The lowest BCUT2D eigenvalue weighted by atomic mass is 10.1. The fraction of sp³-hybridized carbons (Fsp3) is 0.280.